The van der Waals surface area contributed by atoms with Crippen LogP contribution in [0.2, 0.25) is 0 Å². The maximum Gasteiger partial charge on any atom is 0.340 e. The van der Waals surface area contributed by atoms with E-state index >= 15 is 0 Å². The molecule has 0 bridgehead atoms. The molecule has 0 fully saturated rings. The Balaban J connectivity index is 1.72. The fraction of sp³-hybridized carbons (Fsp3) is 0.143. The minimum Gasteiger partial charge on any atom is -0.454 e. The van der Waals surface area contributed by atoms with Gasteiger partial charge in [-0.05, 0) is 44.2 Å². The van der Waals surface area contributed by atoms with E-state index in [9.17, 15) is 19.7 Å². The van der Waals surface area contributed by atoms with Gasteiger partial charge in [0.15, 0.2) is 12.4 Å². The summed E-state index contributed by atoms with van der Waals surface area (Å²) in [5.74, 6) is -1.02. The Labute approximate surface area is 161 Å². The van der Waals surface area contributed by atoms with Gasteiger partial charge < -0.3 is 9.30 Å². The van der Waals surface area contributed by atoms with Gasteiger partial charge in [0.2, 0.25) is 0 Å². The Morgan fingerprint density at radius 3 is 2.29 bits per heavy atom. The summed E-state index contributed by atoms with van der Waals surface area (Å²) in [7, 11) is 0. The molecule has 3 rings (SSSR count). The second kappa shape index (κ2) is 7.87. The average Bonchev–Trinajstić information content (AvgIpc) is 3.00. The van der Waals surface area contributed by atoms with Crippen LogP contribution in [-0.4, -0.2) is 27.8 Å². The zero-order chi connectivity index (χ0) is 20.3. The number of hydrogen-bond donors (Lipinski definition) is 0. The SMILES string of the molecule is Cc1cc(C(=O)OCC(=O)c2ccc([N+](=O)[O-])cc2)c(C)n1-c1ccccc1. The van der Waals surface area contributed by atoms with Crippen molar-refractivity contribution >= 4 is 17.4 Å². The van der Waals surface area contributed by atoms with Crippen molar-refractivity contribution in [2.45, 2.75) is 13.8 Å². The van der Waals surface area contributed by atoms with Gasteiger partial charge in [0.1, 0.15) is 0 Å². The molecule has 7 heteroatoms. The van der Waals surface area contributed by atoms with E-state index in [1.807, 2.05) is 48.7 Å². The number of non-ortho nitro benzene ring substituents is 1. The molecule has 0 saturated carbocycles. The summed E-state index contributed by atoms with van der Waals surface area (Å²) in [5.41, 5.74) is 3.04. The van der Waals surface area contributed by atoms with Crippen molar-refractivity contribution in [2.75, 3.05) is 6.61 Å². The molecule has 3 aromatic rings. The van der Waals surface area contributed by atoms with Gasteiger partial charge in [0.25, 0.3) is 5.69 Å². The van der Waals surface area contributed by atoms with E-state index in [4.69, 9.17) is 4.74 Å². The first-order chi connectivity index (χ1) is 13.4. The predicted molar refractivity (Wildman–Crippen MR) is 103 cm³/mol. The number of ketones is 1. The predicted octanol–water partition coefficient (Wildman–Crippen LogP) is 4.04. The van der Waals surface area contributed by atoms with Crippen LogP contribution < -0.4 is 0 Å². The topological polar surface area (TPSA) is 91.4 Å². The third-order valence-corrected chi connectivity index (χ3v) is 4.40. The Bertz CT molecular complexity index is 1040. The number of Topliss-reactive ketones (excluding diaryl/α,β-unsaturated/α-hetero) is 1. The first kappa shape index (κ1) is 19.0. The highest BCUT2D eigenvalue weighted by atomic mass is 16.6. The monoisotopic (exact) mass is 378 g/mol. The number of carbonyl (C=O) groups excluding carboxylic acids is 2. The second-order valence-corrected chi connectivity index (χ2v) is 6.26. The highest BCUT2D eigenvalue weighted by Crippen LogP contribution is 2.21. The Kier molecular flexibility index (Phi) is 5.35. The van der Waals surface area contributed by atoms with Crippen LogP contribution in [0.5, 0.6) is 0 Å². The molecule has 0 aliphatic carbocycles. The molecular weight excluding hydrogens is 360 g/mol. The Morgan fingerprint density at radius 2 is 1.68 bits per heavy atom. The minimum atomic E-state index is -0.592. The smallest absolute Gasteiger partial charge is 0.340 e. The van der Waals surface area contributed by atoms with E-state index < -0.39 is 23.3 Å². The molecular formula is C21H18N2O5. The summed E-state index contributed by atoms with van der Waals surface area (Å²) < 4.78 is 7.11. The van der Waals surface area contributed by atoms with Crippen molar-refractivity contribution in [3.05, 3.63) is 93.3 Å². The van der Waals surface area contributed by atoms with Gasteiger partial charge >= 0.3 is 5.97 Å². The van der Waals surface area contributed by atoms with Crippen LogP contribution in [0.1, 0.15) is 32.1 Å². The molecule has 0 unspecified atom stereocenters. The molecule has 142 valence electrons. The maximum absolute atomic E-state index is 12.5. The number of aryl methyl sites for hydroxylation is 1. The summed E-state index contributed by atoms with van der Waals surface area (Å²) in [6.45, 7) is 3.26. The molecule has 0 saturated heterocycles. The normalized spacial score (nSPS) is 10.5. The van der Waals surface area contributed by atoms with Gasteiger partial charge in [-0.3, -0.25) is 14.9 Å². The van der Waals surface area contributed by atoms with Crippen LogP contribution in [0, 0.1) is 24.0 Å². The van der Waals surface area contributed by atoms with E-state index in [2.05, 4.69) is 0 Å². The molecule has 0 aliphatic heterocycles. The van der Waals surface area contributed by atoms with Crippen molar-refractivity contribution < 1.29 is 19.2 Å². The van der Waals surface area contributed by atoms with Crippen LogP contribution in [0.4, 0.5) is 5.69 Å². The van der Waals surface area contributed by atoms with Crippen molar-refractivity contribution in [1.82, 2.24) is 4.57 Å². The fourth-order valence-corrected chi connectivity index (χ4v) is 3.01. The number of nitro benzene ring substituents is 1. The lowest BCUT2D eigenvalue weighted by molar-refractivity contribution is -0.384. The van der Waals surface area contributed by atoms with E-state index in [-0.39, 0.29) is 11.3 Å². The van der Waals surface area contributed by atoms with Crippen LogP contribution in [0.15, 0.2) is 60.7 Å². The van der Waals surface area contributed by atoms with Crippen molar-refractivity contribution in [1.29, 1.82) is 0 Å². The van der Waals surface area contributed by atoms with E-state index in [1.165, 1.54) is 24.3 Å². The van der Waals surface area contributed by atoms with E-state index in [1.54, 1.807) is 6.07 Å². The fourth-order valence-electron chi connectivity index (χ4n) is 3.01. The molecule has 0 atom stereocenters. The van der Waals surface area contributed by atoms with E-state index in [0.717, 1.165) is 17.1 Å². The third kappa shape index (κ3) is 3.83. The highest BCUT2D eigenvalue weighted by molar-refractivity contribution is 5.99. The molecule has 0 amide bonds. The van der Waals surface area contributed by atoms with Crippen molar-refractivity contribution in [3.63, 3.8) is 0 Å². The van der Waals surface area contributed by atoms with Gasteiger partial charge in [-0.2, -0.15) is 0 Å². The molecule has 0 aliphatic rings. The number of esters is 1. The largest absolute Gasteiger partial charge is 0.454 e. The summed E-state index contributed by atoms with van der Waals surface area (Å²) in [6.07, 6.45) is 0. The molecule has 1 aromatic heterocycles. The molecule has 0 N–H and O–H groups in total. The third-order valence-electron chi connectivity index (χ3n) is 4.40. The summed E-state index contributed by atoms with van der Waals surface area (Å²) in [6, 6.07) is 16.5. The molecule has 0 radical (unpaired) electrons. The molecule has 28 heavy (non-hydrogen) atoms. The molecule has 0 spiro atoms. The number of benzene rings is 2. The molecule has 2 aromatic carbocycles. The summed E-state index contributed by atoms with van der Waals surface area (Å²) in [5, 5.41) is 10.7. The highest BCUT2D eigenvalue weighted by Gasteiger charge is 2.19. The number of para-hydroxylation sites is 1. The number of hydrogen-bond acceptors (Lipinski definition) is 5. The van der Waals surface area contributed by atoms with Gasteiger partial charge in [-0.15, -0.1) is 0 Å². The van der Waals surface area contributed by atoms with Crippen molar-refractivity contribution in [3.8, 4) is 5.69 Å². The van der Waals surface area contributed by atoms with Gasteiger partial charge in [-0.25, -0.2) is 4.79 Å². The van der Waals surface area contributed by atoms with Gasteiger partial charge in [-0.1, -0.05) is 18.2 Å². The zero-order valence-electron chi connectivity index (χ0n) is 15.4. The minimum absolute atomic E-state index is 0.109. The number of nitro groups is 1. The summed E-state index contributed by atoms with van der Waals surface area (Å²) >= 11 is 0. The number of nitrogens with zero attached hydrogens (tertiary/aromatic N) is 2. The number of rotatable bonds is 6. The zero-order valence-corrected chi connectivity index (χ0v) is 15.4. The van der Waals surface area contributed by atoms with Crippen LogP contribution >= 0.6 is 0 Å². The van der Waals surface area contributed by atoms with Crippen LogP contribution in [0.3, 0.4) is 0 Å². The molecule has 1 heterocycles. The number of aromatic nitrogens is 1. The second-order valence-electron chi connectivity index (χ2n) is 6.26. The lowest BCUT2D eigenvalue weighted by Gasteiger charge is -2.09. The average molecular weight is 378 g/mol. The molecule has 7 nitrogen and oxygen atoms in total. The van der Waals surface area contributed by atoms with E-state index in [0.29, 0.717) is 5.56 Å². The van der Waals surface area contributed by atoms with Gasteiger partial charge in [0, 0.05) is 34.8 Å². The van der Waals surface area contributed by atoms with Crippen LogP contribution in [-0.2, 0) is 4.74 Å². The number of ether oxygens (including phenoxy) is 1. The van der Waals surface area contributed by atoms with Crippen molar-refractivity contribution in [2.24, 2.45) is 0 Å². The first-order valence-electron chi connectivity index (χ1n) is 8.57. The lowest BCUT2D eigenvalue weighted by Crippen LogP contribution is -2.15. The first-order valence-corrected chi connectivity index (χ1v) is 8.57. The quantitative estimate of drug-likeness (QED) is 0.279. The Morgan fingerprint density at radius 1 is 1.04 bits per heavy atom. The summed E-state index contributed by atoms with van der Waals surface area (Å²) in [4.78, 5) is 34.8. The standard InChI is InChI=1S/C21H18N2O5/c1-14-12-19(15(2)22(14)17-6-4-3-5-7-17)21(25)28-13-20(24)16-8-10-18(11-9-16)23(26)27/h3-12H,13H2,1-2H3. The lowest BCUT2D eigenvalue weighted by atomic mass is 10.1. The van der Waals surface area contributed by atoms with Crippen LogP contribution in [0.25, 0.3) is 5.69 Å². The number of carbonyl (C=O) groups is 2. The maximum atomic E-state index is 12.5. The van der Waals surface area contributed by atoms with Gasteiger partial charge in [0.05, 0.1) is 10.5 Å². The Hall–Kier alpha value is -3.74.